The summed E-state index contributed by atoms with van der Waals surface area (Å²) >= 11 is 0. The highest BCUT2D eigenvalue weighted by Crippen LogP contribution is 2.34. The summed E-state index contributed by atoms with van der Waals surface area (Å²) in [5.74, 6) is -0.421. The molecule has 2 nitrogen and oxygen atoms in total. The number of pyridine rings is 1. The van der Waals surface area contributed by atoms with E-state index >= 15 is 0 Å². The van der Waals surface area contributed by atoms with Gasteiger partial charge in [0.1, 0.15) is 5.56 Å². The van der Waals surface area contributed by atoms with Crippen LogP contribution in [0, 0.1) is 6.20 Å². The van der Waals surface area contributed by atoms with Gasteiger partial charge >= 0.3 is 6.18 Å². The lowest BCUT2D eigenvalue weighted by Gasteiger charge is -2.13. The molecule has 1 aromatic rings. The first-order chi connectivity index (χ1) is 6.41. The predicted octanol–water partition coefficient (Wildman–Crippen LogP) is 2.69. The van der Waals surface area contributed by atoms with Crippen molar-refractivity contribution in [3.05, 3.63) is 23.9 Å². The Hall–Kier alpha value is -1.26. The summed E-state index contributed by atoms with van der Waals surface area (Å²) < 4.78 is 42.0. The minimum Gasteiger partial charge on any atom is -0.474 e. The smallest absolute Gasteiger partial charge is 0.421 e. The molecule has 0 amide bonds. The number of ether oxygens (including phenoxy) is 1. The molecule has 14 heavy (non-hydrogen) atoms. The van der Waals surface area contributed by atoms with Crippen molar-refractivity contribution in [3.63, 3.8) is 0 Å². The van der Waals surface area contributed by atoms with Gasteiger partial charge in [-0.1, -0.05) is 0 Å². The summed E-state index contributed by atoms with van der Waals surface area (Å²) in [5.41, 5.74) is -0.870. The highest BCUT2D eigenvalue weighted by Gasteiger charge is 2.35. The van der Waals surface area contributed by atoms with Gasteiger partial charge in [-0.05, 0) is 26.0 Å². The molecule has 0 aliphatic carbocycles. The van der Waals surface area contributed by atoms with Crippen molar-refractivity contribution in [2.24, 2.45) is 0 Å². The van der Waals surface area contributed by atoms with Crippen molar-refractivity contribution in [3.8, 4) is 5.88 Å². The van der Waals surface area contributed by atoms with Gasteiger partial charge in [0.15, 0.2) is 0 Å². The van der Waals surface area contributed by atoms with E-state index in [-0.39, 0.29) is 6.10 Å². The molecule has 0 fully saturated rings. The van der Waals surface area contributed by atoms with E-state index in [0.29, 0.717) is 0 Å². The molecule has 1 aromatic heterocycles. The average Bonchev–Trinajstić information content (AvgIpc) is 2.01. The summed E-state index contributed by atoms with van der Waals surface area (Å²) in [5, 5.41) is 0. The van der Waals surface area contributed by atoms with Crippen LogP contribution in [0.3, 0.4) is 0 Å². The Morgan fingerprint density at radius 1 is 1.43 bits per heavy atom. The van der Waals surface area contributed by atoms with Crippen LogP contribution in [0.2, 0.25) is 0 Å². The Bertz CT molecular complexity index is 309. The average molecular weight is 204 g/mol. The molecular weight excluding hydrogens is 195 g/mol. The molecule has 0 spiro atoms. The van der Waals surface area contributed by atoms with Gasteiger partial charge < -0.3 is 4.74 Å². The zero-order valence-corrected chi connectivity index (χ0v) is 7.72. The van der Waals surface area contributed by atoms with E-state index in [4.69, 9.17) is 4.74 Å². The van der Waals surface area contributed by atoms with Gasteiger partial charge in [-0.15, -0.1) is 0 Å². The minimum absolute atomic E-state index is 0.348. The fourth-order valence-corrected chi connectivity index (χ4v) is 0.877. The largest absolute Gasteiger partial charge is 0.474 e. The van der Waals surface area contributed by atoms with Gasteiger partial charge in [-0.25, -0.2) is 4.98 Å². The molecule has 0 unspecified atom stereocenters. The van der Waals surface area contributed by atoms with E-state index in [1.807, 2.05) is 0 Å². The molecule has 0 bridgehead atoms. The maximum absolute atomic E-state index is 12.4. The van der Waals surface area contributed by atoms with Crippen LogP contribution in [0.25, 0.3) is 0 Å². The minimum atomic E-state index is -4.44. The highest BCUT2D eigenvalue weighted by atomic mass is 19.4. The molecule has 0 aliphatic heterocycles. The third-order valence-electron chi connectivity index (χ3n) is 1.37. The fourth-order valence-electron chi connectivity index (χ4n) is 0.877. The van der Waals surface area contributed by atoms with Gasteiger partial charge in [0.25, 0.3) is 0 Å². The number of rotatable bonds is 2. The quantitative estimate of drug-likeness (QED) is 0.738. The van der Waals surface area contributed by atoms with Gasteiger partial charge in [0, 0.05) is 0 Å². The Labute approximate surface area is 79.7 Å². The summed E-state index contributed by atoms with van der Waals surface area (Å²) in [6, 6.07) is 2.00. The summed E-state index contributed by atoms with van der Waals surface area (Å²) in [7, 11) is 0. The lowest BCUT2D eigenvalue weighted by Crippen LogP contribution is -2.13. The lowest BCUT2D eigenvalue weighted by molar-refractivity contribution is -0.139. The Morgan fingerprint density at radius 2 is 2.07 bits per heavy atom. The second-order valence-electron chi connectivity index (χ2n) is 2.96. The topological polar surface area (TPSA) is 22.1 Å². The SMILES string of the molecule is CC(C)Oc1n[c]ccc1C(F)(F)F. The molecule has 1 radical (unpaired) electrons. The van der Waals surface area contributed by atoms with Crippen molar-refractivity contribution < 1.29 is 17.9 Å². The number of alkyl halides is 3. The van der Waals surface area contributed by atoms with Crippen molar-refractivity contribution in [2.45, 2.75) is 26.1 Å². The molecule has 0 aromatic carbocycles. The van der Waals surface area contributed by atoms with Crippen LogP contribution < -0.4 is 4.74 Å². The molecule has 77 valence electrons. The summed E-state index contributed by atoms with van der Waals surface area (Å²) in [6.07, 6.45) is -2.48. The first-order valence-electron chi connectivity index (χ1n) is 4.02. The third-order valence-corrected chi connectivity index (χ3v) is 1.37. The maximum atomic E-state index is 12.4. The third kappa shape index (κ3) is 2.61. The number of aromatic nitrogens is 1. The number of hydrogen-bond donors (Lipinski definition) is 0. The Morgan fingerprint density at radius 3 is 2.57 bits per heavy atom. The molecule has 5 heteroatoms. The number of halogens is 3. The normalized spacial score (nSPS) is 11.9. The summed E-state index contributed by atoms with van der Waals surface area (Å²) in [4.78, 5) is 3.42. The van der Waals surface area contributed by atoms with Gasteiger partial charge in [-0.3, -0.25) is 0 Å². The summed E-state index contributed by atoms with van der Waals surface area (Å²) in [6.45, 7) is 3.27. The van der Waals surface area contributed by atoms with Crippen LogP contribution >= 0.6 is 0 Å². The van der Waals surface area contributed by atoms with E-state index in [0.717, 1.165) is 12.1 Å². The van der Waals surface area contributed by atoms with E-state index < -0.39 is 17.6 Å². The van der Waals surface area contributed by atoms with E-state index in [2.05, 4.69) is 11.2 Å². The zero-order valence-electron chi connectivity index (χ0n) is 7.72. The lowest BCUT2D eigenvalue weighted by atomic mass is 10.2. The standard InChI is InChI=1S/C9H9F3NO/c1-6(2)14-8-7(9(10,11)12)4-3-5-13-8/h3-4,6H,1-2H3. The van der Waals surface area contributed by atoms with Gasteiger partial charge in [0.2, 0.25) is 5.88 Å². The molecule has 0 aliphatic rings. The Kier molecular flexibility index (Phi) is 2.98. The molecule has 1 heterocycles. The number of nitrogens with zero attached hydrogens (tertiary/aromatic N) is 1. The zero-order chi connectivity index (χ0) is 10.8. The van der Waals surface area contributed by atoms with E-state index in [1.165, 1.54) is 0 Å². The highest BCUT2D eigenvalue weighted by molar-refractivity contribution is 5.28. The second-order valence-corrected chi connectivity index (χ2v) is 2.96. The molecule has 0 saturated carbocycles. The van der Waals surface area contributed by atoms with Gasteiger partial charge in [0.05, 0.1) is 12.3 Å². The van der Waals surface area contributed by atoms with Crippen LogP contribution in [-0.4, -0.2) is 11.1 Å². The van der Waals surface area contributed by atoms with Crippen LogP contribution in [0.4, 0.5) is 13.2 Å². The second kappa shape index (κ2) is 3.86. The van der Waals surface area contributed by atoms with Crippen LogP contribution in [-0.2, 0) is 6.18 Å². The first kappa shape index (κ1) is 10.8. The van der Waals surface area contributed by atoms with Crippen molar-refractivity contribution in [1.29, 1.82) is 0 Å². The van der Waals surface area contributed by atoms with E-state index in [9.17, 15) is 13.2 Å². The fraction of sp³-hybridized carbons (Fsp3) is 0.444. The van der Waals surface area contributed by atoms with Crippen LogP contribution in [0.1, 0.15) is 19.4 Å². The molecule has 0 saturated heterocycles. The number of hydrogen-bond acceptors (Lipinski definition) is 2. The first-order valence-corrected chi connectivity index (χ1v) is 4.02. The molecule has 0 atom stereocenters. The Balaban J connectivity index is 3.04. The van der Waals surface area contributed by atoms with Crippen molar-refractivity contribution in [2.75, 3.05) is 0 Å². The van der Waals surface area contributed by atoms with Gasteiger partial charge in [-0.2, -0.15) is 13.2 Å². The van der Waals surface area contributed by atoms with Crippen LogP contribution in [0.5, 0.6) is 5.88 Å². The van der Waals surface area contributed by atoms with E-state index in [1.54, 1.807) is 13.8 Å². The molecule has 0 N–H and O–H groups in total. The molecule has 1 rings (SSSR count). The van der Waals surface area contributed by atoms with Crippen molar-refractivity contribution in [1.82, 2.24) is 4.98 Å². The van der Waals surface area contributed by atoms with Crippen molar-refractivity contribution >= 4 is 0 Å². The molecular formula is C9H9F3NO. The maximum Gasteiger partial charge on any atom is 0.421 e. The predicted molar refractivity (Wildman–Crippen MR) is 43.8 cm³/mol. The monoisotopic (exact) mass is 204 g/mol. The van der Waals surface area contributed by atoms with Crippen LogP contribution in [0.15, 0.2) is 12.1 Å².